The van der Waals surface area contributed by atoms with E-state index < -0.39 is 4.92 Å². The van der Waals surface area contributed by atoms with Gasteiger partial charge in [-0.25, -0.2) is 0 Å². The van der Waals surface area contributed by atoms with E-state index in [1.54, 1.807) is 23.5 Å². The van der Waals surface area contributed by atoms with Crippen molar-refractivity contribution in [3.05, 3.63) is 58.9 Å². The number of carbonyl (C=O) groups excluding carboxylic acids is 1. The standard InChI is InChI=1S/C22H25N7O3S/c30-20(26-15-13-25(14-16-26)18-3-5-19(6-4-18)29(31)32)17-7-11-28(12-8-17)22-24-23-21(33-22)27-9-1-2-10-27/h1-6,9-10,17H,7-8,11-16H2. The smallest absolute Gasteiger partial charge is 0.269 e. The van der Waals surface area contributed by atoms with Gasteiger partial charge in [0.15, 0.2) is 0 Å². The monoisotopic (exact) mass is 467 g/mol. The van der Waals surface area contributed by atoms with Crippen molar-refractivity contribution in [2.24, 2.45) is 5.92 Å². The molecule has 11 heteroatoms. The largest absolute Gasteiger partial charge is 0.368 e. The maximum atomic E-state index is 13.1. The van der Waals surface area contributed by atoms with E-state index in [1.165, 1.54) is 12.1 Å². The van der Waals surface area contributed by atoms with Crippen LogP contribution >= 0.6 is 11.3 Å². The Morgan fingerprint density at radius 3 is 2.18 bits per heavy atom. The molecule has 0 radical (unpaired) electrons. The lowest BCUT2D eigenvalue weighted by Gasteiger charge is -2.39. The average molecular weight is 468 g/mol. The van der Waals surface area contributed by atoms with E-state index in [0.717, 1.165) is 55.0 Å². The quantitative estimate of drug-likeness (QED) is 0.420. The van der Waals surface area contributed by atoms with Crippen molar-refractivity contribution in [2.45, 2.75) is 12.8 Å². The molecule has 2 aliphatic rings. The van der Waals surface area contributed by atoms with Crippen LogP contribution in [0, 0.1) is 16.0 Å². The van der Waals surface area contributed by atoms with Gasteiger partial charge in [-0.2, -0.15) is 0 Å². The lowest BCUT2D eigenvalue weighted by Crippen LogP contribution is -2.51. The number of benzene rings is 1. The molecular formula is C22H25N7O3S. The highest BCUT2D eigenvalue weighted by Crippen LogP contribution is 2.29. The van der Waals surface area contributed by atoms with E-state index in [2.05, 4.69) is 20.0 Å². The number of carbonyl (C=O) groups is 1. The van der Waals surface area contributed by atoms with Crippen LogP contribution in [0.15, 0.2) is 48.8 Å². The Bertz CT molecular complexity index is 1100. The number of non-ortho nitro benzene ring substituents is 1. The van der Waals surface area contributed by atoms with Gasteiger partial charge in [-0.15, -0.1) is 10.2 Å². The highest BCUT2D eigenvalue weighted by molar-refractivity contribution is 7.17. The molecule has 2 aliphatic heterocycles. The van der Waals surface area contributed by atoms with Gasteiger partial charge in [-0.3, -0.25) is 19.5 Å². The SMILES string of the molecule is O=C(C1CCN(c2nnc(-n3cccc3)s2)CC1)N1CCN(c2ccc([N+](=O)[O-])cc2)CC1. The maximum absolute atomic E-state index is 13.1. The molecule has 33 heavy (non-hydrogen) atoms. The van der Waals surface area contributed by atoms with Crippen molar-refractivity contribution >= 4 is 33.8 Å². The molecule has 0 saturated carbocycles. The summed E-state index contributed by atoms with van der Waals surface area (Å²) in [4.78, 5) is 29.9. The Morgan fingerprint density at radius 1 is 0.909 bits per heavy atom. The predicted octanol–water partition coefficient (Wildman–Crippen LogP) is 2.80. The lowest BCUT2D eigenvalue weighted by atomic mass is 9.95. The van der Waals surface area contributed by atoms with E-state index in [4.69, 9.17) is 0 Å². The van der Waals surface area contributed by atoms with Crippen LogP contribution in [0.25, 0.3) is 5.13 Å². The van der Waals surface area contributed by atoms with Crippen molar-refractivity contribution in [1.82, 2.24) is 19.7 Å². The molecule has 0 unspecified atom stereocenters. The molecule has 0 spiro atoms. The van der Waals surface area contributed by atoms with Gasteiger partial charge in [0.1, 0.15) is 0 Å². The molecule has 5 rings (SSSR count). The fourth-order valence-corrected chi connectivity index (χ4v) is 5.31. The van der Waals surface area contributed by atoms with E-state index in [0.29, 0.717) is 13.1 Å². The summed E-state index contributed by atoms with van der Waals surface area (Å²) < 4.78 is 1.95. The fourth-order valence-electron chi connectivity index (χ4n) is 4.45. The molecule has 2 fully saturated rings. The van der Waals surface area contributed by atoms with Gasteiger partial charge in [0.05, 0.1) is 4.92 Å². The van der Waals surface area contributed by atoms with Gasteiger partial charge in [-0.1, -0.05) is 11.3 Å². The number of hydrogen-bond acceptors (Lipinski definition) is 8. The molecule has 2 saturated heterocycles. The maximum Gasteiger partial charge on any atom is 0.269 e. The zero-order valence-electron chi connectivity index (χ0n) is 18.1. The van der Waals surface area contributed by atoms with Gasteiger partial charge in [0, 0.05) is 75.4 Å². The zero-order valence-corrected chi connectivity index (χ0v) is 18.9. The highest BCUT2D eigenvalue weighted by atomic mass is 32.1. The highest BCUT2D eigenvalue weighted by Gasteiger charge is 2.31. The third kappa shape index (κ3) is 4.54. The fraction of sp³-hybridized carbons (Fsp3) is 0.409. The molecule has 0 N–H and O–H groups in total. The summed E-state index contributed by atoms with van der Waals surface area (Å²) in [6.07, 6.45) is 5.55. The summed E-state index contributed by atoms with van der Waals surface area (Å²) in [5.74, 6) is 0.285. The zero-order chi connectivity index (χ0) is 22.8. The van der Waals surface area contributed by atoms with Crippen LogP contribution < -0.4 is 9.80 Å². The molecule has 0 aliphatic carbocycles. The first kappa shape index (κ1) is 21.4. The first-order chi connectivity index (χ1) is 16.1. The molecule has 0 bridgehead atoms. The van der Waals surface area contributed by atoms with Crippen LogP contribution in [0.2, 0.25) is 0 Å². The number of nitro groups is 1. The van der Waals surface area contributed by atoms with Gasteiger partial charge in [-0.05, 0) is 37.1 Å². The number of amides is 1. The van der Waals surface area contributed by atoms with Crippen LogP contribution in [0.3, 0.4) is 0 Å². The summed E-state index contributed by atoms with van der Waals surface area (Å²) in [6.45, 7) is 4.42. The molecule has 3 aromatic rings. The second kappa shape index (κ2) is 9.18. The minimum atomic E-state index is -0.391. The molecule has 1 amide bonds. The summed E-state index contributed by atoms with van der Waals surface area (Å²) in [7, 11) is 0. The Kier molecular flexibility index (Phi) is 5.95. The van der Waals surface area contributed by atoms with Crippen LogP contribution in [0.5, 0.6) is 0 Å². The number of rotatable bonds is 5. The number of nitrogens with zero attached hydrogens (tertiary/aromatic N) is 7. The Labute approximate surface area is 195 Å². The van der Waals surface area contributed by atoms with Crippen LogP contribution in [-0.2, 0) is 4.79 Å². The topological polar surface area (TPSA) is 101 Å². The van der Waals surface area contributed by atoms with Crippen molar-refractivity contribution in [3.63, 3.8) is 0 Å². The number of nitro benzene ring substituents is 1. The van der Waals surface area contributed by atoms with Gasteiger partial charge >= 0.3 is 0 Å². The van der Waals surface area contributed by atoms with E-state index in [9.17, 15) is 14.9 Å². The number of hydrogen-bond donors (Lipinski definition) is 0. The van der Waals surface area contributed by atoms with Crippen molar-refractivity contribution in [2.75, 3.05) is 49.1 Å². The second-order valence-corrected chi connectivity index (χ2v) is 9.24. The summed E-state index contributed by atoms with van der Waals surface area (Å²) in [5, 5.41) is 21.2. The first-order valence-electron chi connectivity index (χ1n) is 11.1. The molecule has 10 nitrogen and oxygen atoms in total. The Hall–Kier alpha value is -3.47. The first-order valence-corrected chi connectivity index (χ1v) is 11.9. The summed E-state index contributed by atoms with van der Waals surface area (Å²) >= 11 is 1.56. The number of piperazine rings is 1. The molecular weight excluding hydrogens is 442 g/mol. The van der Waals surface area contributed by atoms with Crippen LogP contribution in [0.1, 0.15) is 12.8 Å². The number of aromatic nitrogens is 3. The minimum absolute atomic E-state index is 0.0454. The van der Waals surface area contributed by atoms with Crippen molar-refractivity contribution < 1.29 is 9.72 Å². The minimum Gasteiger partial charge on any atom is -0.368 e. The Morgan fingerprint density at radius 2 is 1.55 bits per heavy atom. The normalized spacial score (nSPS) is 17.4. The third-order valence-corrected chi connectivity index (χ3v) is 7.36. The molecule has 4 heterocycles. The van der Waals surface area contributed by atoms with Gasteiger partial charge in [0.25, 0.3) is 5.69 Å². The molecule has 0 atom stereocenters. The van der Waals surface area contributed by atoms with Crippen molar-refractivity contribution in [3.8, 4) is 5.13 Å². The number of anilines is 2. The van der Waals surface area contributed by atoms with Crippen LogP contribution in [-0.4, -0.2) is 69.8 Å². The average Bonchev–Trinajstić information content (AvgIpc) is 3.56. The van der Waals surface area contributed by atoms with Gasteiger partial charge < -0.3 is 14.7 Å². The molecule has 2 aromatic heterocycles. The van der Waals surface area contributed by atoms with Crippen LogP contribution in [0.4, 0.5) is 16.5 Å². The molecule has 172 valence electrons. The third-order valence-electron chi connectivity index (χ3n) is 6.36. The van der Waals surface area contributed by atoms with E-state index in [-0.39, 0.29) is 17.5 Å². The van der Waals surface area contributed by atoms with Crippen molar-refractivity contribution in [1.29, 1.82) is 0 Å². The summed E-state index contributed by atoms with van der Waals surface area (Å²) in [5.41, 5.74) is 1.05. The second-order valence-electron chi connectivity index (χ2n) is 8.30. The molecule has 1 aromatic carbocycles. The summed E-state index contributed by atoms with van der Waals surface area (Å²) in [6, 6.07) is 10.5. The van der Waals surface area contributed by atoms with E-state index in [1.807, 2.05) is 34.0 Å². The Balaban J connectivity index is 1.12. The van der Waals surface area contributed by atoms with E-state index >= 15 is 0 Å². The predicted molar refractivity (Wildman–Crippen MR) is 126 cm³/mol. The number of piperidine rings is 1. The van der Waals surface area contributed by atoms with Gasteiger partial charge in [0.2, 0.25) is 16.2 Å². The lowest BCUT2D eigenvalue weighted by molar-refractivity contribution is -0.384.